The lowest BCUT2D eigenvalue weighted by Gasteiger charge is -2.35. The molecule has 2 aromatic heterocycles. The van der Waals surface area contributed by atoms with Gasteiger partial charge in [-0.1, -0.05) is 0 Å². The van der Waals surface area contributed by atoms with Crippen LogP contribution in [0.25, 0.3) is 11.3 Å². The number of carbonyl (C=O) groups excluding carboxylic acids is 1. The highest BCUT2D eigenvalue weighted by molar-refractivity contribution is 5.76. The molecule has 0 saturated carbocycles. The average molecular weight is 423 g/mol. The Bertz CT molecular complexity index is 1130. The minimum absolute atomic E-state index is 0.0334. The molecule has 4 rings (SSSR count). The van der Waals surface area contributed by atoms with E-state index < -0.39 is 11.6 Å². The molecule has 0 atom stereocenters. The van der Waals surface area contributed by atoms with Gasteiger partial charge in [0.1, 0.15) is 23.5 Å². The number of amides is 1. The summed E-state index contributed by atoms with van der Waals surface area (Å²) in [5.74, 6) is -0.288. The molecular formula is C22H19F2N5O2. The van der Waals surface area contributed by atoms with Crippen LogP contribution in [0.5, 0.6) is 0 Å². The number of carbonyl (C=O) groups is 1. The van der Waals surface area contributed by atoms with Crippen molar-refractivity contribution in [3.8, 4) is 17.4 Å². The number of hydrogen-bond donors (Lipinski definition) is 0. The molecule has 1 aliphatic rings. The Hall–Kier alpha value is -3.80. The van der Waals surface area contributed by atoms with E-state index in [0.29, 0.717) is 43.5 Å². The number of rotatable bonds is 5. The van der Waals surface area contributed by atoms with Crippen molar-refractivity contribution in [1.29, 1.82) is 5.26 Å². The molecule has 1 saturated heterocycles. The molecule has 9 heteroatoms. The zero-order chi connectivity index (χ0) is 21.8. The summed E-state index contributed by atoms with van der Waals surface area (Å²) in [6, 6.07) is 8.81. The van der Waals surface area contributed by atoms with Gasteiger partial charge in [-0.2, -0.15) is 5.26 Å². The number of oxazole rings is 1. The monoisotopic (exact) mass is 423 g/mol. The third-order valence-corrected chi connectivity index (χ3v) is 5.14. The van der Waals surface area contributed by atoms with Gasteiger partial charge in [0, 0.05) is 51.3 Å². The fourth-order valence-corrected chi connectivity index (χ4v) is 3.52. The summed E-state index contributed by atoms with van der Waals surface area (Å²) in [7, 11) is 0. The summed E-state index contributed by atoms with van der Waals surface area (Å²) in [6.07, 6.45) is 3.50. The number of aromatic nitrogens is 2. The summed E-state index contributed by atoms with van der Waals surface area (Å²) in [5, 5.41) is 9.24. The first-order valence-electron chi connectivity index (χ1n) is 9.83. The molecule has 0 aliphatic carbocycles. The number of pyridine rings is 1. The van der Waals surface area contributed by atoms with Gasteiger partial charge in [-0.15, -0.1) is 0 Å². The first-order valence-corrected chi connectivity index (χ1v) is 9.83. The second-order valence-electron chi connectivity index (χ2n) is 7.10. The predicted octanol–water partition coefficient (Wildman–Crippen LogP) is 3.17. The Labute approximate surface area is 177 Å². The highest BCUT2D eigenvalue weighted by atomic mass is 19.1. The minimum atomic E-state index is -0.732. The number of benzene rings is 1. The second kappa shape index (κ2) is 8.92. The molecule has 1 aliphatic heterocycles. The minimum Gasteiger partial charge on any atom is -0.441 e. The lowest BCUT2D eigenvalue weighted by molar-refractivity contribution is -0.131. The number of piperazine rings is 1. The van der Waals surface area contributed by atoms with E-state index in [9.17, 15) is 18.8 Å². The van der Waals surface area contributed by atoms with Crippen molar-refractivity contribution in [2.75, 3.05) is 31.1 Å². The zero-order valence-electron chi connectivity index (χ0n) is 16.6. The van der Waals surface area contributed by atoms with E-state index in [2.05, 4.69) is 16.0 Å². The molecule has 0 spiro atoms. The number of nitrogens with zero attached hydrogens (tertiary/aromatic N) is 5. The van der Waals surface area contributed by atoms with Crippen LogP contribution >= 0.6 is 0 Å². The van der Waals surface area contributed by atoms with Crippen molar-refractivity contribution in [3.05, 3.63) is 65.8 Å². The van der Waals surface area contributed by atoms with Crippen molar-refractivity contribution in [2.24, 2.45) is 0 Å². The number of nitriles is 1. The molecule has 0 bridgehead atoms. The molecule has 1 amide bonds. The smallest absolute Gasteiger partial charge is 0.223 e. The number of anilines is 1. The molecule has 7 nitrogen and oxygen atoms in total. The Morgan fingerprint density at radius 2 is 1.97 bits per heavy atom. The number of halogens is 2. The van der Waals surface area contributed by atoms with Crippen molar-refractivity contribution in [1.82, 2.24) is 14.9 Å². The van der Waals surface area contributed by atoms with E-state index >= 15 is 0 Å². The van der Waals surface area contributed by atoms with E-state index in [1.165, 1.54) is 12.3 Å². The van der Waals surface area contributed by atoms with E-state index in [1.807, 2.05) is 4.90 Å². The van der Waals surface area contributed by atoms with Gasteiger partial charge in [-0.05, 0) is 24.3 Å². The van der Waals surface area contributed by atoms with Gasteiger partial charge in [0.15, 0.2) is 11.7 Å². The molecule has 1 fully saturated rings. The summed E-state index contributed by atoms with van der Waals surface area (Å²) in [5.41, 5.74) is 0.633. The van der Waals surface area contributed by atoms with Crippen molar-refractivity contribution >= 4 is 11.7 Å². The van der Waals surface area contributed by atoms with Crippen molar-refractivity contribution < 1.29 is 18.0 Å². The van der Waals surface area contributed by atoms with Crippen LogP contribution in [-0.4, -0.2) is 47.0 Å². The number of hydrogen-bond acceptors (Lipinski definition) is 6. The summed E-state index contributed by atoms with van der Waals surface area (Å²) in [4.78, 5) is 24.7. The zero-order valence-corrected chi connectivity index (χ0v) is 16.6. The quantitative estimate of drug-likeness (QED) is 0.627. The maximum atomic E-state index is 13.9. The Morgan fingerprint density at radius 3 is 2.71 bits per heavy atom. The molecule has 158 valence electrons. The molecule has 31 heavy (non-hydrogen) atoms. The van der Waals surface area contributed by atoms with Crippen LogP contribution in [-0.2, 0) is 11.2 Å². The van der Waals surface area contributed by atoms with Gasteiger partial charge < -0.3 is 14.2 Å². The van der Waals surface area contributed by atoms with Gasteiger partial charge in [0.2, 0.25) is 5.91 Å². The van der Waals surface area contributed by atoms with Crippen LogP contribution in [0, 0.1) is 23.0 Å². The fraction of sp³-hybridized carbons (Fsp3) is 0.273. The standard InChI is InChI=1S/C22H19F2N5O2/c23-16-3-4-17(18(24)12-16)19-14-27-20(31-19)5-6-21(30)28-8-10-29(11-9-28)22-15(13-25)2-1-7-26-22/h1-4,7,12,14H,5-6,8-11H2. The fourth-order valence-electron chi connectivity index (χ4n) is 3.52. The maximum absolute atomic E-state index is 13.9. The van der Waals surface area contributed by atoms with Crippen LogP contribution in [0.15, 0.2) is 47.1 Å². The van der Waals surface area contributed by atoms with Crippen LogP contribution in [0.4, 0.5) is 14.6 Å². The van der Waals surface area contributed by atoms with Gasteiger partial charge in [-0.25, -0.2) is 18.7 Å². The third kappa shape index (κ3) is 4.53. The van der Waals surface area contributed by atoms with Crippen molar-refractivity contribution in [2.45, 2.75) is 12.8 Å². The van der Waals surface area contributed by atoms with E-state index in [0.717, 1.165) is 12.1 Å². The first-order chi connectivity index (χ1) is 15.0. The Kier molecular flexibility index (Phi) is 5.89. The lowest BCUT2D eigenvalue weighted by atomic mass is 10.2. The molecule has 0 N–H and O–H groups in total. The maximum Gasteiger partial charge on any atom is 0.223 e. The summed E-state index contributed by atoms with van der Waals surface area (Å²) >= 11 is 0. The largest absolute Gasteiger partial charge is 0.441 e. The normalized spacial score (nSPS) is 13.8. The van der Waals surface area contributed by atoms with E-state index in [-0.39, 0.29) is 30.1 Å². The molecule has 0 radical (unpaired) electrons. The first kappa shape index (κ1) is 20.5. The van der Waals surface area contributed by atoms with Crippen LogP contribution in [0.1, 0.15) is 17.9 Å². The molecular weight excluding hydrogens is 404 g/mol. The lowest BCUT2D eigenvalue weighted by Crippen LogP contribution is -2.49. The van der Waals surface area contributed by atoms with Crippen LogP contribution < -0.4 is 4.90 Å². The summed E-state index contributed by atoms with van der Waals surface area (Å²) in [6.45, 7) is 2.23. The summed E-state index contributed by atoms with van der Waals surface area (Å²) < 4.78 is 32.5. The van der Waals surface area contributed by atoms with Gasteiger partial charge in [0.25, 0.3) is 0 Å². The van der Waals surface area contributed by atoms with E-state index in [4.69, 9.17) is 4.42 Å². The highest BCUT2D eigenvalue weighted by Gasteiger charge is 2.23. The SMILES string of the molecule is N#Cc1cccnc1N1CCN(C(=O)CCc2ncc(-c3ccc(F)cc3F)o2)CC1. The van der Waals surface area contributed by atoms with E-state index in [1.54, 1.807) is 23.2 Å². The van der Waals surface area contributed by atoms with Gasteiger partial charge in [-0.3, -0.25) is 4.79 Å². The molecule has 0 unspecified atom stereocenters. The molecule has 3 aromatic rings. The second-order valence-corrected chi connectivity index (χ2v) is 7.10. The molecule has 3 heterocycles. The van der Waals surface area contributed by atoms with Gasteiger partial charge in [0.05, 0.1) is 17.3 Å². The highest BCUT2D eigenvalue weighted by Crippen LogP contribution is 2.25. The van der Waals surface area contributed by atoms with Crippen LogP contribution in [0.3, 0.4) is 0 Å². The van der Waals surface area contributed by atoms with Crippen LogP contribution in [0.2, 0.25) is 0 Å². The van der Waals surface area contributed by atoms with Crippen molar-refractivity contribution in [3.63, 3.8) is 0 Å². The Balaban J connectivity index is 1.31. The van der Waals surface area contributed by atoms with Gasteiger partial charge >= 0.3 is 0 Å². The molecule has 1 aromatic carbocycles. The topological polar surface area (TPSA) is 86.3 Å². The third-order valence-electron chi connectivity index (χ3n) is 5.14. The predicted molar refractivity (Wildman–Crippen MR) is 108 cm³/mol. The number of aryl methyl sites for hydroxylation is 1. The average Bonchev–Trinajstić information content (AvgIpc) is 3.26. The Morgan fingerprint density at radius 1 is 1.16 bits per heavy atom.